The number of hydrogen-bond acceptors (Lipinski definition) is 3. The lowest BCUT2D eigenvalue weighted by Crippen LogP contribution is -2.13. The van der Waals surface area contributed by atoms with Gasteiger partial charge in [0.05, 0.1) is 14.2 Å². The average Bonchev–Trinajstić information content (AvgIpc) is 2.78. The van der Waals surface area contributed by atoms with E-state index >= 15 is 0 Å². The Morgan fingerprint density at radius 1 is 1.17 bits per heavy atom. The van der Waals surface area contributed by atoms with Gasteiger partial charge in [-0.25, -0.2) is 0 Å². The van der Waals surface area contributed by atoms with Gasteiger partial charge >= 0.3 is 0 Å². The lowest BCUT2D eigenvalue weighted by atomic mass is 10.0. The van der Waals surface area contributed by atoms with Gasteiger partial charge in [0.1, 0.15) is 0 Å². The van der Waals surface area contributed by atoms with Crippen LogP contribution in [0, 0.1) is 0 Å². The molecule has 0 radical (unpaired) electrons. The van der Waals surface area contributed by atoms with Crippen molar-refractivity contribution in [2.45, 2.75) is 12.8 Å². The number of rotatable bonds is 5. The SMILES string of the molecule is COc1ccc2c(c1OC)C(CCN(C)C)=CC2. The molecule has 3 heteroatoms. The zero-order valence-electron chi connectivity index (χ0n) is 11.6. The summed E-state index contributed by atoms with van der Waals surface area (Å²) in [5.74, 6) is 1.69. The van der Waals surface area contributed by atoms with E-state index in [0.29, 0.717) is 0 Å². The minimum atomic E-state index is 0.814. The van der Waals surface area contributed by atoms with Crippen LogP contribution in [0.15, 0.2) is 18.2 Å². The molecule has 98 valence electrons. The first kappa shape index (κ1) is 13.0. The number of benzene rings is 1. The van der Waals surface area contributed by atoms with Crippen molar-refractivity contribution in [1.82, 2.24) is 4.90 Å². The smallest absolute Gasteiger partial charge is 0.168 e. The summed E-state index contributed by atoms with van der Waals surface area (Å²) in [6, 6.07) is 4.12. The van der Waals surface area contributed by atoms with Gasteiger partial charge in [0.25, 0.3) is 0 Å². The van der Waals surface area contributed by atoms with Crippen LogP contribution >= 0.6 is 0 Å². The van der Waals surface area contributed by atoms with Crippen molar-refractivity contribution in [1.29, 1.82) is 0 Å². The monoisotopic (exact) mass is 247 g/mol. The highest BCUT2D eigenvalue weighted by atomic mass is 16.5. The molecule has 1 aromatic carbocycles. The molecule has 0 unspecified atom stereocenters. The number of allylic oxidation sites excluding steroid dienone is 1. The van der Waals surface area contributed by atoms with E-state index in [0.717, 1.165) is 30.9 Å². The molecule has 1 aliphatic rings. The second-order valence-electron chi connectivity index (χ2n) is 4.82. The first-order valence-electron chi connectivity index (χ1n) is 6.25. The summed E-state index contributed by atoms with van der Waals surface area (Å²) in [6.45, 7) is 1.05. The average molecular weight is 247 g/mol. The summed E-state index contributed by atoms with van der Waals surface area (Å²) in [4.78, 5) is 2.20. The Hall–Kier alpha value is -1.48. The normalized spacial score (nSPS) is 13.5. The predicted molar refractivity (Wildman–Crippen MR) is 74.4 cm³/mol. The van der Waals surface area contributed by atoms with Gasteiger partial charge in [-0.05, 0) is 44.1 Å². The fraction of sp³-hybridized carbons (Fsp3) is 0.467. The second-order valence-corrected chi connectivity index (χ2v) is 4.82. The van der Waals surface area contributed by atoms with Crippen molar-refractivity contribution in [3.8, 4) is 11.5 Å². The summed E-state index contributed by atoms with van der Waals surface area (Å²) in [5.41, 5.74) is 3.94. The van der Waals surface area contributed by atoms with E-state index in [2.05, 4.69) is 31.1 Å². The largest absolute Gasteiger partial charge is 0.493 e. The zero-order valence-corrected chi connectivity index (χ0v) is 11.6. The molecule has 0 spiro atoms. The van der Waals surface area contributed by atoms with E-state index in [4.69, 9.17) is 9.47 Å². The second kappa shape index (κ2) is 5.44. The summed E-state index contributed by atoms with van der Waals surface area (Å²) in [6.07, 6.45) is 4.35. The molecule has 0 aliphatic heterocycles. The quantitative estimate of drug-likeness (QED) is 0.798. The van der Waals surface area contributed by atoms with Crippen molar-refractivity contribution < 1.29 is 9.47 Å². The molecule has 3 nitrogen and oxygen atoms in total. The van der Waals surface area contributed by atoms with Gasteiger partial charge in [-0.1, -0.05) is 12.1 Å². The third kappa shape index (κ3) is 2.36. The van der Waals surface area contributed by atoms with E-state index < -0.39 is 0 Å². The van der Waals surface area contributed by atoms with Gasteiger partial charge in [-0.3, -0.25) is 0 Å². The first-order chi connectivity index (χ1) is 8.67. The van der Waals surface area contributed by atoms with E-state index in [9.17, 15) is 0 Å². The van der Waals surface area contributed by atoms with Crippen LogP contribution in [0.25, 0.3) is 5.57 Å². The first-order valence-corrected chi connectivity index (χ1v) is 6.25. The maximum absolute atomic E-state index is 5.54. The van der Waals surface area contributed by atoms with E-state index in [1.165, 1.54) is 16.7 Å². The van der Waals surface area contributed by atoms with Crippen LogP contribution in [-0.2, 0) is 6.42 Å². The Labute approximate surface area is 109 Å². The minimum Gasteiger partial charge on any atom is -0.493 e. The van der Waals surface area contributed by atoms with Crippen LogP contribution in [0.3, 0.4) is 0 Å². The number of hydrogen-bond donors (Lipinski definition) is 0. The highest BCUT2D eigenvalue weighted by Crippen LogP contribution is 2.42. The topological polar surface area (TPSA) is 21.7 Å². The van der Waals surface area contributed by atoms with Crippen LogP contribution in [0.1, 0.15) is 17.5 Å². The van der Waals surface area contributed by atoms with Crippen molar-refractivity contribution in [2.75, 3.05) is 34.9 Å². The third-order valence-electron chi connectivity index (χ3n) is 3.35. The lowest BCUT2D eigenvalue weighted by molar-refractivity contribution is 0.353. The predicted octanol–water partition coefficient (Wildman–Crippen LogP) is 2.60. The fourth-order valence-corrected chi connectivity index (χ4v) is 2.40. The van der Waals surface area contributed by atoms with Crippen LogP contribution < -0.4 is 9.47 Å². The Bertz CT molecular complexity index is 464. The van der Waals surface area contributed by atoms with E-state index in [1.54, 1.807) is 14.2 Å². The maximum atomic E-state index is 5.54. The molecule has 0 saturated heterocycles. The van der Waals surface area contributed by atoms with Gasteiger partial charge in [-0.15, -0.1) is 0 Å². The molecule has 0 amide bonds. The molecule has 0 bridgehead atoms. The van der Waals surface area contributed by atoms with Gasteiger partial charge in [0.15, 0.2) is 11.5 Å². The molecule has 1 aromatic rings. The summed E-state index contributed by atoms with van der Waals surface area (Å²) < 4.78 is 10.9. The highest BCUT2D eigenvalue weighted by Gasteiger charge is 2.21. The number of nitrogens with zero attached hydrogens (tertiary/aromatic N) is 1. The molecule has 0 aromatic heterocycles. The standard InChI is InChI=1S/C15H21NO2/c1-16(2)10-9-12-6-5-11-7-8-13(17-3)15(18-4)14(11)12/h6-8H,5,9-10H2,1-4H3. The van der Waals surface area contributed by atoms with Crippen LogP contribution in [-0.4, -0.2) is 39.8 Å². The summed E-state index contributed by atoms with van der Waals surface area (Å²) in [7, 11) is 7.58. The summed E-state index contributed by atoms with van der Waals surface area (Å²) in [5, 5.41) is 0. The molecular formula is C15H21NO2. The van der Waals surface area contributed by atoms with E-state index in [1.807, 2.05) is 6.07 Å². The Balaban J connectivity index is 2.33. The van der Waals surface area contributed by atoms with Crippen LogP contribution in [0.5, 0.6) is 11.5 Å². The maximum Gasteiger partial charge on any atom is 0.168 e. The zero-order chi connectivity index (χ0) is 13.1. The van der Waals surface area contributed by atoms with Crippen molar-refractivity contribution >= 4 is 5.57 Å². The van der Waals surface area contributed by atoms with Gasteiger partial charge in [0.2, 0.25) is 0 Å². The lowest BCUT2D eigenvalue weighted by Gasteiger charge is -2.16. The molecule has 2 rings (SSSR count). The molecule has 1 aliphatic carbocycles. The highest BCUT2D eigenvalue weighted by molar-refractivity contribution is 5.79. The minimum absolute atomic E-state index is 0.814. The van der Waals surface area contributed by atoms with Crippen molar-refractivity contribution in [2.24, 2.45) is 0 Å². The van der Waals surface area contributed by atoms with Gasteiger partial charge < -0.3 is 14.4 Å². The molecule has 0 N–H and O–H groups in total. The Morgan fingerprint density at radius 3 is 2.56 bits per heavy atom. The molecule has 0 atom stereocenters. The molecular weight excluding hydrogens is 226 g/mol. The number of fused-ring (bicyclic) bond motifs is 1. The van der Waals surface area contributed by atoms with Crippen molar-refractivity contribution in [3.63, 3.8) is 0 Å². The van der Waals surface area contributed by atoms with Crippen molar-refractivity contribution in [3.05, 3.63) is 29.3 Å². The van der Waals surface area contributed by atoms with Gasteiger partial charge in [-0.2, -0.15) is 0 Å². The Morgan fingerprint density at radius 2 is 1.94 bits per heavy atom. The molecule has 18 heavy (non-hydrogen) atoms. The Kier molecular flexibility index (Phi) is 3.92. The van der Waals surface area contributed by atoms with Gasteiger partial charge in [0, 0.05) is 12.1 Å². The number of methoxy groups -OCH3 is 2. The van der Waals surface area contributed by atoms with Crippen LogP contribution in [0.4, 0.5) is 0 Å². The third-order valence-corrected chi connectivity index (χ3v) is 3.35. The molecule has 0 saturated carbocycles. The molecule has 0 fully saturated rings. The number of ether oxygens (including phenoxy) is 2. The summed E-state index contributed by atoms with van der Waals surface area (Å²) >= 11 is 0. The van der Waals surface area contributed by atoms with Crippen LogP contribution in [0.2, 0.25) is 0 Å². The molecule has 0 heterocycles. The fourth-order valence-electron chi connectivity index (χ4n) is 2.40. The van der Waals surface area contributed by atoms with E-state index in [-0.39, 0.29) is 0 Å².